The molecule has 2 nitrogen and oxygen atoms in total. The zero-order chi connectivity index (χ0) is 5.70. The molecule has 0 bridgehead atoms. The van der Waals surface area contributed by atoms with Gasteiger partial charge in [0.1, 0.15) is 3.70 Å². The third kappa shape index (κ3) is 3.78. The molecular formula is C4H7IN2. The van der Waals surface area contributed by atoms with E-state index >= 15 is 0 Å². The highest BCUT2D eigenvalue weighted by Crippen LogP contribution is 2.02. The van der Waals surface area contributed by atoms with Crippen LogP contribution in [0.25, 0.3) is 0 Å². The summed E-state index contributed by atoms with van der Waals surface area (Å²) in [5.41, 5.74) is 5.07. The zero-order valence-corrected chi connectivity index (χ0v) is 6.21. The van der Waals surface area contributed by atoms with Gasteiger partial charge in [0, 0.05) is 12.4 Å². The van der Waals surface area contributed by atoms with Crippen LogP contribution >= 0.6 is 22.6 Å². The number of aliphatic imine (C=N–C) groups is 1. The predicted molar refractivity (Wildman–Crippen MR) is 40.5 cm³/mol. The van der Waals surface area contributed by atoms with Crippen LogP contribution < -0.4 is 5.73 Å². The number of hydrogen-bond donors (Lipinski definition) is 1. The summed E-state index contributed by atoms with van der Waals surface area (Å²) in [5, 5.41) is 0. The third-order valence-corrected chi connectivity index (χ3v) is 1.03. The number of halogens is 1. The minimum Gasteiger partial charge on any atom is -0.402 e. The molecule has 0 aromatic heterocycles. The van der Waals surface area contributed by atoms with Crippen molar-refractivity contribution >= 4 is 28.8 Å². The molecule has 0 unspecified atom stereocenters. The highest BCUT2D eigenvalue weighted by Gasteiger charge is 1.74. The molecule has 0 fully saturated rings. The van der Waals surface area contributed by atoms with Gasteiger partial charge in [0.25, 0.3) is 0 Å². The Morgan fingerprint density at radius 2 is 2.43 bits per heavy atom. The van der Waals surface area contributed by atoms with Crippen LogP contribution in [-0.4, -0.2) is 6.21 Å². The summed E-state index contributed by atoms with van der Waals surface area (Å²) in [4.78, 5) is 3.84. The normalized spacial score (nSPS) is 13.1. The molecule has 40 valence electrons. The van der Waals surface area contributed by atoms with Gasteiger partial charge in [-0.15, -0.1) is 0 Å². The van der Waals surface area contributed by atoms with Gasteiger partial charge in [0.05, 0.1) is 0 Å². The van der Waals surface area contributed by atoms with Crippen LogP contribution in [0.5, 0.6) is 0 Å². The molecule has 0 saturated carbocycles. The van der Waals surface area contributed by atoms with Gasteiger partial charge in [-0.1, -0.05) is 0 Å². The van der Waals surface area contributed by atoms with E-state index in [0.29, 0.717) is 0 Å². The second kappa shape index (κ2) is 4.11. The van der Waals surface area contributed by atoms with Crippen molar-refractivity contribution in [3.05, 3.63) is 9.90 Å². The number of nitrogens with two attached hydrogens (primary N) is 1. The van der Waals surface area contributed by atoms with Gasteiger partial charge in [-0.3, -0.25) is 4.99 Å². The standard InChI is InChI=1S/C4H7IN2/c1-2-7-4(5)3-6/h2-3H,6H2,1H3/b4-3-,7-2-. The van der Waals surface area contributed by atoms with Crippen molar-refractivity contribution in [2.75, 3.05) is 0 Å². The molecule has 0 saturated heterocycles. The van der Waals surface area contributed by atoms with Gasteiger partial charge in [0.2, 0.25) is 0 Å². The first kappa shape index (κ1) is 6.94. The summed E-state index contributed by atoms with van der Waals surface area (Å²) in [6.07, 6.45) is 3.16. The largest absolute Gasteiger partial charge is 0.402 e. The van der Waals surface area contributed by atoms with E-state index in [1.54, 1.807) is 6.21 Å². The van der Waals surface area contributed by atoms with Crippen LogP contribution in [0.15, 0.2) is 14.9 Å². The van der Waals surface area contributed by atoms with Crippen molar-refractivity contribution in [1.29, 1.82) is 0 Å². The molecule has 0 aliphatic heterocycles. The Morgan fingerprint density at radius 1 is 1.86 bits per heavy atom. The van der Waals surface area contributed by atoms with Gasteiger partial charge in [-0.2, -0.15) is 0 Å². The summed E-state index contributed by atoms with van der Waals surface area (Å²) in [6, 6.07) is 0. The molecule has 3 heteroatoms. The fraction of sp³-hybridized carbons (Fsp3) is 0.250. The fourth-order valence-corrected chi connectivity index (χ4v) is 0.445. The first-order valence-electron chi connectivity index (χ1n) is 1.87. The maximum absolute atomic E-state index is 5.07. The van der Waals surface area contributed by atoms with Gasteiger partial charge in [0.15, 0.2) is 0 Å². The third-order valence-electron chi connectivity index (χ3n) is 0.390. The lowest BCUT2D eigenvalue weighted by Crippen LogP contribution is -1.77. The van der Waals surface area contributed by atoms with E-state index in [4.69, 9.17) is 5.73 Å². The van der Waals surface area contributed by atoms with Crippen LogP contribution in [-0.2, 0) is 0 Å². The lowest BCUT2D eigenvalue weighted by Gasteiger charge is -1.79. The summed E-state index contributed by atoms with van der Waals surface area (Å²) in [5.74, 6) is 0. The lowest BCUT2D eigenvalue weighted by atomic mass is 10.8. The molecule has 0 amide bonds. The Labute approximate surface area is 56.6 Å². The maximum Gasteiger partial charge on any atom is 0.116 e. The van der Waals surface area contributed by atoms with Gasteiger partial charge in [-0.25, -0.2) is 0 Å². The minimum atomic E-state index is 0.820. The summed E-state index contributed by atoms with van der Waals surface area (Å²) >= 11 is 2.04. The van der Waals surface area contributed by atoms with E-state index in [1.165, 1.54) is 6.20 Å². The van der Waals surface area contributed by atoms with Crippen molar-refractivity contribution in [2.45, 2.75) is 6.92 Å². The molecule has 0 atom stereocenters. The van der Waals surface area contributed by atoms with Crippen molar-refractivity contribution in [2.24, 2.45) is 10.7 Å². The average molecular weight is 210 g/mol. The number of rotatable bonds is 1. The van der Waals surface area contributed by atoms with E-state index in [0.717, 1.165) is 3.70 Å². The molecule has 0 spiro atoms. The number of nitrogens with zero attached hydrogens (tertiary/aromatic N) is 1. The van der Waals surface area contributed by atoms with Gasteiger partial charge >= 0.3 is 0 Å². The van der Waals surface area contributed by atoms with E-state index in [-0.39, 0.29) is 0 Å². The molecule has 0 aromatic carbocycles. The van der Waals surface area contributed by atoms with Crippen LogP contribution in [0.4, 0.5) is 0 Å². The van der Waals surface area contributed by atoms with Crippen molar-refractivity contribution < 1.29 is 0 Å². The molecule has 0 heterocycles. The second-order valence-electron chi connectivity index (χ2n) is 0.877. The molecule has 0 aromatic rings. The minimum absolute atomic E-state index is 0.820. The Morgan fingerprint density at radius 3 is 2.57 bits per heavy atom. The van der Waals surface area contributed by atoms with Crippen molar-refractivity contribution in [3.63, 3.8) is 0 Å². The predicted octanol–water partition coefficient (Wildman–Crippen LogP) is 1.27. The molecule has 2 N–H and O–H groups in total. The van der Waals surface area contributed by atoms with E-state index in [2.05, 4.69) is 4.99 Å². The molecule has 0 aliphatic rings. The topological polar surface area (TPSA) is 38.4 Å². The Bertz CT molecular complexity index is 95.9. The molecular weight excluding hydrogens is 203 g/mol. The first-order chi connectivity index (χ1) is 3.31. The molecule has 0 aliphatic carbocycles. The first-order valence-corrected chi connectivity index (χ1v) is 2.95. The second-order valence-corrected chi connectivity index (χ2v) is 1.98. The maximum atomic E-state index is 5.07. The van der Waals surface area contributed by atoms with Crippen molar-refractivity contribution in [1.82, 2.24) is 0 Å². The number of hydrogen-bond acceptors (Lipinski definition) is 2. The van der Waals surface area contributed by atoms with E-state index in [9.17, 15) is 0 Å². The Balaban J connectivity index is 3.58. The highest BCUT2D eigenvalue weighted by atomic mass is 127. The Kier molecular flexibility index (Phi) is 4.07. The van der Waals surface area contributed by atoms with Crippen LogP contribution in [0.2, 0.25) is 0 Å². The summed E-state index contributed by atoms with van der Waals surface area (Å²) in [6.45, 7) is 1.85. The lowest BCUT2D eigenvalue weighted by molar-refractivity contribution is 1.47. The smallest absolute Gasteiger partial charge is 0.116 e. The van der Waals surface area contributed by atoms with Crippen LogP contribution in [0, 0.1) is 0 Å². The van der Waals surface area contributed by atoms with E-state index < -0.39 is 0 Å². The molecule has 0 rings (SSSR count). The summed E-state index contributed by atoms with van der Waals surface area (Å²) < 4.78 is 0.820. The zero-order valence-electron chi connectivity index (χ0n) is 4.06. The SMILES string of the molecule is C/C=N\C(I)=C/N. The fourth-order valence-electron chi connectivity index (χ4n) is 0.166. The highest BCUT2D eigenvalue weighted by molar-refractivity contribution is 14.1. The summed E-state index contributed by atoms with van der Waals surface area (Å²) in [7, 11) is 0. The molecule has 0 radical (unpaired) electrons. The monoisotopic (exact) mass is 210 g/mol. The Hall–Kier alpha value is -0.0600. The quantitative estimate of drug-likeness (QED) is 0.395. The van der Waals surface area contributed by atoms with E-state index in [1.807, 2.05) is 29.5 Å². The van der Waals surface area contributed by atoms with Gasteiger partial charge in [-0.05, 0) is 29.5 Å². The van der Waals surface area contributed by atoms with Crippen LogP contribution in [0.3, 0.4) is 0 Å². The van der Waals surface area contributed by atoms with Crippen molar-refractivity contribution in [3.8, 4) is 0 Å². The molecule has 7 heavy (non-hydrogen) atoms. The van der Waals surface area contributed by atoms with Gasteiger partial charge < -0.3 is 5.73 Å². The average Bonchev–Trinajstić information content (AvgIpc) is 1.68. The van der Waals surface area contributed by atoms with Crippen LogP contribution in [0.1, 0.15) is 6.92 Å².